The minimum atomic E-state index is -1.30. The highest BCUT2D eigenvalue weighted by Gasteiger charge is 2.13. The molecule has 0 amide bonds. The van der Waals surface area contributed by atoms with Crippen LogP contribution in [-0.2, 0) is 0 Å². The zero-order valence-corrected chi connectivity index (χ0v) is 26.5. The summed E-state index contributed by atoms with van der Waals surface area (Å²) in [5, 5.41) is 71.4. The molecule has 0 aliphatic carbocycles. The Kier molecular flexibility index (Phi) is 11.1. The van der Waals surface area contributed by atoms with Crippen LogP contribution in [0.25, 0.3) is 0 Å². The van der Waals surface area contributed by atoms with E-state index in [0.29, 0.717) is 22.7 Å². The summed E-state index contributed by atoms with van der Waals surface area (Å²) in [6.07, 6.45) is 0. The molecular weight excluding hydrogens is 680 g/mol. The Morgan fingerprint density at radius 1 is 0.481 bits per heavy atom. The van der Waals surface area contributed by atoms with Gasteiger partial charge < -0.3 is 41.5 Å². The van der Waals surface area contributed by atoms with E-state index in [2.05, 4.69) is 51.4 Å². The molecule has 0 spiro atoms. The molecule has 0 aliphatic heterocycles. The second-order valence-electron chi connectivity index (χ2n) is 10.5. The molecule has 1 heterocycles. The van der Waals surface area contributed by atoms with Crippen molar-refractivity contribution in [2.45, 2.75) is 0 Å². The number of carbonyl (C=O) groups is 4. The molecule has 8 N–H and O–H groups in total. The fourth-order valence-electron chi connectivity index (χ4n) is 4.28. The van der Waals surface area contributed by atoms with Crippen LogP contribution in [0.15, 0.2) is 105 Å². The quantitative estimate of drug-likeness (QED) is 0.0547. The van der Waals surface area contributed by atoms with Gasteiger partial charge in [0.2, 0.25) is 17.8 Å². The van der Waals surface area contributed by atoms with Gasteiger partial charge in [-0.1, -0.05) is 0 Å². The molecule has 52 heavy (non-hydrogen) atoms. The molecule has 0 radical (unpaired) electrons. The van der Waals surface area contributed by atoms with Gasteiger partial charge in [-0.15, -0.1) is 0 Å². The topological polar surface area (TPSA) is 294 Å². The Bertz CT molecular complexity index is 2000. The number of aliphatic hydroxyl groups excluding tert-OH is 1. The third-order valence-corrected chi connectivity index (χ3v) is 6.66. The third kappa shape index (κ3) is 9.70. The maximum Gasteiger partial charge on any atom is 0.335 e. The number of hydrogen-bond donors (Lipinski definition) is 8. The molecule has 0 fully saturated rings. The Labute approximate surface area is 292 Å². The summed E-state index contributed by atoms with van der Waals surface area (Å²) >= 11 is 0. The molecule has 0 atom stereocenters. The number of azo groups is 2. The Morgan fingerprint density at radius 3 is 1.13 bits per heavy atom. The van der Waals surface area contributed by atoms with E-state index in [1.54, 1.807) is 48.5 Å². The van der Waals surface area contributed by atoms with Gasteiger partial charge in [-0.2, -0.15) is 35.4 Å². The van der Waals surface area contributed by atoms with Crippen LogP contribution in [0.3, 0.4) is 0 Å². The Balaban J connectivity index is 1.29. The molecule has 1 aromatic heterocycles. The van der Waals surface area contributed by atoms with Crippen molar-refractivity contribution in [3.05, 3.63) is 107 Å². The zero-order chi connectivity index (χ0) is 37.2. The minimum absolute atomic E-state index is 0.0472. The van der Waals surface area contributed by atoms with E-state index < -0.39 is 23.9 Å². The van der Waals surface area contributed by atoms with Gasteiger partial charge in [-0.05, 0) is 84.9 Å². The number of aliphatic hydroxyl groups is 1. The number of carboxylic acid groups (broad SMARTS) is 4. The highest BCUT2D eigenvalue weighted by molar-refractivity contribution is 5.96. The van der Waals surface area contributed by atoms with Crippen LogP contribution in [-0.4, -0.2) is 77.5 Å². The van der Waals surface area contributed by atoms with Gasteiger partial charge in [0.05, 0.1) is 51.6 Å². The van der Waals surface area contributed by atoms with Crippen molar-refractivity contribution in [2.75, 3.05) is 29.1 Å². The first-order valence-corrected chi connectivity index (χ1v) is 14.9. The van der Waals surface area contributed by atoms with Crippen LogP contribution in [0.1, 0.15) is 41.4 Å². The maximum atomic E-state index is 11.4. The number of aromatic carboxylic acids is 4. The highest BCUT2D eigenvalue weighted by atomic mass is 16.4. The molecule has 0 saturated heterocycles. The molecule has 5 rings (SSSR count). The first kappa shape index (κ1) is 35.6. The van der Waals surface area contributed by atoms with Crippen molar-refractivity contribution < 1.29 is 44.7 Å². The van der Waals surface area contributed by atoms with Crippen molar-refractivity contribution in [3.8, 4) is 0 Å². The van der Waals surface area contributed by atoms with Gasteiger partial charge in [0.25, 0.3) is 0 Å². The SMILES string of the molecule is O=C(O)c1cc(N=Nc2ccc(Nc3nc(NCCO)nc(Nc4ccc(N=Nc5cc(C(=O)O)cc(C(=O)O)c5)cc4)n3)cc2)cc(C(=O)O)c1. The number of benzene rings is 4. The second kappa shape index (κ2) is 16.2. The monoisotopic (exact) mass is 706 g/mol. The number of hydrogen-bond acceptors (Lipinski definition) is 15. The number of anilines is 5. The van der Waals surface area contributed by atoms with E-state index in [0.717, 1.165) is 12.1 Å². The summed E-state index contributed by atoms with van der Waals surface area (Å²) in [6, 6.07) is 19.9. The van der Waals surface area contributed by atoms with E-state index in [1.165, 1.54) is 24.3 Å². The van der Waals surface area contributed by atoms with Gasteiger partial charge in [-0.3, -0.25) is 0 Å². The van der Waals surface area contributed by atoms with Gasteiger partial charge in [-0.25, -0.2) is 19.2 Å². The maximum absolute atomic E-state index is 11.4. The normalized spacial score (nSPS) is 11.0. The van der Waals surface area contributed by atoms with Crippen molar-refractivity contribution in [1.82, 2.24) is 15.0 Å². The number of nitrogens with zero attached hydrogens (tertiary/aromatic N) is 7. The van der Waals surface area contributed by atoms with Crippen LogP contribution in [0, 0.1) is 0 Å². The van der Waals surface area contributed by atoms with E-state index in [1.807, 2.05) is 0 Å². The number of rotatable bonds is 15. The third-order valence-electron chi connectivity index (χ3n) is 6.66. The number of nitrogens with one attached hydrogen (secondary N) is 3. The van der Waals surface area contributed by atoms with Crippen LogP contribution >= 0.6 is 0 Å². The standard InChI is InChI=1S/C33H26N10O9/c44-10-9-34-31-37-32(35-21-1-5-23(6-2-21)40-42-25-13-17(27(45)46)11-18(14-25)28(47)48)39-33(38-31)36-22-3-7-24(8-4-22)41-43-26-15-19(29(49)50)12-20(16-26)30(51)52/h1-8,11-16,44H,9-10H2,(H,45,46)(H,47,48)(H,49,50)(H,51,52)(H3,34,35,36,37,38,39). The molecule has 0 unspecified atom stereocenters. The predicted octanol–water partition coefficient (Wildman–Crippen LogP) is 6.39. The fourth-order valence-corrected chi connectivity index (χ4v) is 4.28. The summed E-state index contributed by atoms with van der Waals surface area (Å²) in [5.74, 6) is -4.80. The molecule has 19 heteroatoms. The van der Waals surface area contributed by atoms with Crippen LogP contribution in [0.2, 0.25) is 0 Å². The molecule has 5 aromatic rings. The van der Waals surface area contributed by atoms with Crippen molar-refractivity contribution in [3.63, 3.8) is 0 Å². The van der Waals surface area contributed by atoms with E-state index in [-0.39, 0.29) is 64.6 Å². The van der Waals surface area contributed by atoms with Crippen molar-refractivity contribution in [1.29, 1.82) is 0 Å². The zero-order valence-electron chi connectivity index (χ0n) is 26.5. The van der Waals surface area contributed by atoms with Gasteiger partial charge in [0.1, 0.15) is 0 Å². The van der Waals surface area contributed by atoms with E-state index >= 15 is 0 Å². The average molecular weight is 707 g/mol. The summed E-state index contributed by atoms with van der Waals surface area (Å²) in [5.41, 5.74) is 0.980. The number of carboxylic acids is 4. The lowest BCUT2D eigenvalue weighted by molar-refractivity contribution is 0.0676. The smallest absolute Gasteiger partial charge is 0.335 e. The van der Waals surface area contributed by atoms with Gasteiger partial charge >= 0.3 is 23.9 Å². The summed E-state index contributed by atoms with van der Waals surface area (Å²) in [4.78, 5) is 58.5. The Hall–Kier alpha value is -7.67. The summed E-state index contributed by atoms with van der Waals surface area (Å²) < 4.78 is 0. The van der Waals surface area contributed by atoms with Gasteiger partial charge in [0, 0.05) is 17.9 Å². The van der Waals surface area contributed by atoms with E-state index in [4.69, 9.17) is 0 Å². The Morgan fingerprint density at radius 2 is 0.808 bits per heavy atom. The predicted molar refractivity (Wildman–Crippen MR) is 184 cm³/mol. The lowest BCUT2D eigenvalue weighted by Crippen LogP contribution is -2.12. The molecule has 262 valence electrons. The molecule has 0 saturated carbocycles. The molecule has 4 aromatic carbocycles. The average Bonchev–Trinajstić information content (AvgIpc) is 3.13. The van der Waals surface area contributed by atoms with E-state index in [9.17, 15) is 44.7 Å². The lowest BCUT2D eigenvalue weighted by Gasteiger charge is -2.11. The summed E-state index contributed by atoms with van der Waals surface area (Å²) in [6.45, 7) is -0.0192. The van der Waals surface area contributed by atoms with Crippen LogP contribution < -0.4 is 16.0 Å². The first-order chi connectivity index (χ1) is 24.9. The number of aromatic nitrogens is 3. The first-order valence-electron chi connectivity index (χ1n) is 14.9. The largest absolute Gasteiger partial charge is 0.478 e. The van der Waals surface area contributed by atoms with Crippen LogP contribution in [0.4, 0.5) is 52.0 Å². The van der Waals surface area contributed by atoms with Gasteiger partial charge in [0.15, 0.2) is 0 Å². The molecule has 0 aliphatic rings. The molecule has 19 nitrogen and oxygen atoms in total. The van der Waals surface area contributed by atoms with Crippen molar-refractivity contribution in [2.24, 2.45) is 20.5 Å². The molecular formula is C33H26N10O9. The highest BCUT2D eigenvalue weighted by Crippen LogP contribution is 2.26. The fraction of sp³-hybridized carbons (Fsp3) is 0.0606. The minimum Gasteiger partial charge on any atom is -0.478 e. The molecule has 0 bridgehead atoms. The lowest BCUT2D eigenvalue weighted by atomic mass is 10.1. The summed E-state index contributed by atoms with van der Waals surface area (Å²) in [7, 11) is 0. The van der Waals surface area contributed by atoms with Crippen molar-refractivity contribution >= 4 is 75.8 Å². The second-order valence-corrected chi connectivity index (χ2v) is 10.5. The van der Waals surface area contributed by atoms with Crippen LogP contribution in [0.5, 0.6) is 0 Å².